The van der Waals surface area contributed by atoms with E-state index in [0.29, 0.717) is 22.0 Å². The molecule has 0 heterocycles. The van der Waals surface area contributed by atoms with E-state index in [1.807, 2.05) is 19.2 Å². The van der Waals surface area contributed by atoms with Gasteiger partial charge in [0, 0.05) is 37.7 Å². The van der Waals surface area contributed by atoms with Crippen molar-refractivity contribution in [1.82, 2.24) is 5.32 Å². The first-order valence-corrected chi connectivity index (χ1v) is 10.1. The Morgan fingerprint density at radius 3 is 2.67 bits per heavy atom. The average Bonchev–Trinajstić information content (AvgIpc) is 2.69. The largest absolute Gasteiger partial charge is 0.385 e. The second-order valence-electron chi connectivity index (χ2n) is 6.89. The van der Waals surface area contributed by atoms with Crippen molar-refractivity contribution in [2.75, 3.05) is 20.8 Å². The number of benzene rings is 2. The molecule has 4 heteroatoms. The van der Waals surface area contributed by atoms with Gasteiger partial charge in [-0.15, -0.1) is 0 Å². The van der Waals surface area contributed by atoms with Crippen molar-refractivity contribution in [3.05, 3.63) is 68.7 Å². The molecule has 2 aromatic carbocycles. The summed E-state index contributed by atoms with van der Waals surface area (Å²) in [5.41, 5.74) is 4.98. The molecule has 1 N–H and O–H groups in total. The number of fused-ring (bicyclic) bond motifs is 1. The van der Waals surface area contributed by atoms with Crippen LogP contribution in [-0.2, 0) is 4.74 Å². The summed E-state index contributed by atoms with van der Waals surface area (Å²) in [6.45, 7) is 0.756. The van der Waals surface area contributed by atoms with Crippen LogP contribution in [0.25, 0.3) is 0 Å². The van der Waals surface area contributed by atoms with E-state index in [0.717, 1.165) is 37.9 Å². The Bertz CT molecular complexity index is 853. The highest BCUT2D eigenvalue weighted by Crippen LogP contribution is 2.42. The summed E-state index contributed by atoms with van der Waals surface area (Å²) in [5.74, 6) is 6.88. The number of hydrogen-bond donors (Lipinski definition) is 1. The van der Waals surface area contributed by atoms with Gasteiger partial charge >= 0.3 is 0 Å². The molecule has 0 aliphatic heterocycles. The summed E-state index contributed by atoms with van der Waals surface area (Å²) in [6.07, 6.45) is 3.98. The van der Waals surface area contributed by atoms with Crippen LogP contribution < -0.4 is 5.32 Å². The molecule has 0 aromatic heterocycles. The molecule has 0 unspecified atom stereocenters. The number of hydrogen-bond acceptors (Lipinski definition) is 2. The Morgan fingerprint density at radius 1 is 1.07 bits per heavy atom. The fourth-order valence-corrected chi connectivity index (χ4v) is 4.07. The quantitative estimate of drug-likeness (QED) is 0.492. The zero-order valence-electron chi connectivity index (χ0n) is 15.8. The van der Waals surface area contributed by atoms with Gasteiger partial charge in [-0.3, -0.25) is 0 Å². The molecule has 0 bridgehead atoms. The lowest BCUT2D eigenvalue weighted by molar-refractivity contribution is 0.196. The Hall–Kier alpha value is -1.50. The summed E-state index contributed by atoms with van der Waals surface area (Å²) in [4.78, 5) is 0. The molecule has 0 saturated heterocycles. The topological polar surface area (TPSA) is 21.3 Å². The highest BCUT2D eigenvalue weighted by molar-refractivity contribution is 6.42. The van der Waals surface area contributed by atoms with E-state index in [1.54, 1.807) is 7.11 Å². The molecular formula is C23H25Cl2NO. The van der Waals surface area contributed by atoms with Gasteiger partial charge in [0.05, 0.1) is 10.0 Å². The number of methoxy groups -OCH3 is 1. The Morgan fingerprint density at radius 2 is 1.93 bits per heavy atom. The minimum Gasteiger partial charge on any atom is -0.385 e. The molecule has 0 fully saturated rings. The van der Waals surface area contributed by atoms with Crippen molar-refractivity contribution in [3.63, 3.8) is 0 Å². The van der Waals surface area contributed by atoms with E-state index < -0.39 is 0 Å². The van der Waals surface area contributed by atoms with Crippen molar-refractivity contribution in [1.29, 1.82) is 0 Å². The first kappa shape index (κ1) is 20.2. The molecule has 27 heavy (non-hydrogen) atoms. The number of halogens is 2. The first-order valence-electron chi connectivity index (χ1n) is 9.38. The van der Waals surface area contributed by atoms with Gasteiger partial charge in [0.2, 0.25) is 0 Å². The van der Waals surface area contributed by atoms with Gasteiger partial charge in [0.15, 0.2) is 0 Å². The number of nitrogens with one attached hydrogen (secondary N) is 1. The Kier molecular flexibility index (Phi) is 7.21. The summed E-state index contributed by atoms with van der Waals surface area (Å²) in [6, 6.07) is 12.9. The van der Waals surface area contributed by atoms with Crippen LogP contribution in [0.1, 0.15) is 59.9 Å². The van der Waals surface area contributed by atoms with Crippen LogP contribution >= 0.6 is 23.2 Å². The predicted molar refractivity (Wildman–Crippen MR) is 114 cm³/mol. The summed E-state index contributed by atoms with van der Waals surface area (Å²) in [7, 11) is 3.75. The van der Waals surface area contributed by atoms with E-state index >= 15 is 0 Å². The fourth-order valence-electron chi connectivity index (χ4n) is 3.76. The molecular weight excluding hydrogens is 377 g/mol. The number of unbranched alkanes of at least 4 members (excludes halogenated alkanes) is 1. The van der Waals surface area contributed by atoms with E-state index in [-0.39, 0.29) is 0 Å². The summed E-state index contributed by atoms with van der Waals surface area (Å²) in [5, 5.41) is 4.67. The van der Waals surface area contributed by atoms with Crippen LogP contribution in [-0.4, -0.2) is 20.8 Å². The van der Waals surface area contributed by atoms with Crippen molar-refractivity contribution in [2.45, 2.75) is 37.6 Å². The molecule has 1 aliphatic rings. The number of ether oxygens (including phenoxy) is 1. The molecule has 2 nitrogen and oxygen atoms in total. The lowest BCUT2D eigenvalue weighted by Crippen LogP contribution is -2.24. The van der Waals surface area contributed by atoms with Gasteiger partial charge in [0.25, 0.3) is 0 Å². The maximum atomic E-state index is 6.26. The second kappa shape index (κ2) is 9.62. The van der Waals surface area contributed by atoms with Crippen LogP contribution in [0.15, 0.2) is 36.4 Å². The van der Waals surface area contributed by atoms with Crippen LogP contribution in [0.5, 0.6) is 0 Å². The lowest BCUT2D eigenvalue weighted by atomic mass is 9.76. The third kappa shape index (κ3) is 4.86. The first-order chi connectivity index (χ1) is 13.1. The van der Waals surface area contributed by atoms with Crippen molar-refractivity contribution >= 4 is 23.2 Å². The summed E-state index contributed by atoms with van der Waals surface area (Å²) < 4.78 is 5.07. The Labute approximate surface area is 172 Å². The standard InChI is InChI=1S/C23H25Cl2NO/c1-26-23-12-10-18(17-8-11-21(24)22(25)15-17)19-9-7-16(14-20(19)23)6-4-3-5-13-27-2/h7-9,11,14-15,18,23,26H,3,5,10,12-13H2,1-2H3/t18-,23-/m0/s1. The van der Waals surface area contributed by atoms with Gasteiger partial charge in [-0.25, -0.2) is 0 Å². The molecule has 2 aromatic rings. The normalized spacial score (nSPS) is 18.5. The molecule has 0 amide bonds. The van der Waals surface area contributed by atoms with Crippen molar-refractivity contribution in [2.24, 2.45) is 0 Å². The van der Waals surface area contributed by atoms with E-state index in [9.17, 15) is 0 Å². The minimum absolute atomic E-state index is 0.336. The predicted octanol–water partition coefficient (Wildman–Crippen LogP) is 5.96. The molecule has 0 spiro atoms. The van der Waals surface area contributed by atoms with Gasteiger partial charge in [-0.1, -0.05) is 47.2 Å². The number of rotatable bonds is 5. The zero-order valence-corrected chi connectivity index (χ0v) is 17.3. The zero-order chi connectivity index (χ0) is 19.2. The highest BCUT2D eigenvalue weighted by Gasteiger charge is 2.27. The van der Waals surface area contributed by atoms with Crippen LogP contribution in [0.3, 0.4) is 0 Å². The van der Waals surface area contributed by atoms with E-state index in [4.69, 9.17) is 27.9 Å². The van der Waals surface area contributed by atoms with Gasteiger partial charge in [-0.2, -0.15) is 0 Å². The Balaban J connectivity index is 1.89. The van der Waals surface area contributed by atoms with Gasteiger partial charge < -0.3 is 10.1 Å². The summed E-state index contributed by atoms with van der Waals surface area (Å²) >= 11 is 12.4. The van der Waals surface area contributed by atoms with Crippen molar-refractivity contribution < 1.29 is 4.74 Å². The fraction of sp³-hybridized carbons (Fsp3) is 0.391. The maximum absolute atomic E-state index is 6.26. The molecule has 1 aliphatic carbocycles. The molecule has 142 valence electrons. The van der Waals surface area contributed by atoms with Crippen LogP contribution in [0.4, 0.5) is 0 Å². The smallest absolute Gasteiger partial charge is 0.0595 e. The third-order valence-corrected chi connectivity index (χ3v) is 5.90. The molecule has 2 atom stereocenters. The van der Waals surface area contributed by atoms with Crippen LogP contribution in [0.2, 0.25) is 10.0 Å². The van der Waals surface area contributed by atoms with Crippen molar-refractivity contribution in [3.8, 4) is 11.8 Å². The van der Waals surface area contributed by atoms with E-state index in [1.165, 1.54) is 16.7 Å². The monoisotopic (exact) mass is 401 g/mol. The average molecular weight is 402 g/mol. The second-order valence-corrected chi connectivity index (χ2v) is 7.70. The highest BCUT2D eigenvalue weighted by atomic mass is 35.5. The minimum atomic E-state index is 0.336. The molecule has 0 radical (unpaired) electrons. The van der Waals surface area contributed by atoms with Gasteiger partial charge in [-0.05, 0) is 67.3 Å². The van der Waals surface area contributed by atoms with Gasteiger partial charge in [0.1, 0.15) is 0 Å². The SMILES string of the molecule is CN[C@H]1CC[C@@H](c2ccc(Cl)c(Cl)c2)c2ccc(C#CCCCOC)cc21. The molecule has 0 saturated carbocycles. The lowest BCUT2D eigenvalue weighted by Gasteiger charge is -2.32. The molecule has 3 rings (SSSR count). The third-order valence-electron chi connectivity index (χ3n) is 5.16. The van der Waals surface area contributed by atoms with E-state index in [2.05, 4.69) is 41.4 Å². The van der Waals surface area contributed by atoms with Crippen LogP contribution in [0, 0.1) is 11.8 Å². The maximum Gasteiger partial charge on any atom is 0.0595 e.